The SMILES string of the molecule is CC(O)N(C)C1=Nc2ccc(Cl)cc2C(c2ccccc2)=[N+]([O-])C1O.Cl. The number of hydrogen-bond acceptors (Lipinski definition) is 5. The van der Waals surface area contributed by atoms with Crippen molar-refractivity contribution in [3.8, 4) is 0 Å². The number of hydrogen-bond donors (Lipinski definition) is 2. The summed E-state index contributed by atoms with van der Waals surface area (Å²) in [6, 6.07) is 14.0. The molecule has 2 aromatic carbocycles. The number of fused-ring (bicyclic) bond motifs is 1. The van der Waals surface area contributed by atoms with Crippen LogP contribution < -0.4 is 0 Å². The molecule has 0 radical (unpaired) electrons. The number of amidine groups is 1. The summed E-state index contributed by atoms with van der Waals surface area (Å²) in [6.45, 7) is 1.53. The van der Waals surface area contributed by atoms with E-state index in [1.165, 1.54) is 11.8 Å². The maximum Gasteiger partial charge on any atom is 0.325 e. The monoisotopic (exact) mass is 395 g/mol. The van der Waals surface area contributed by atoms with Crippen molar-refractivity contribution in [1.29, 1.82) is 0 Å². The molecule has 6 nitrogen and oxygen atoms in total. The average Bonchev–Trinajstić information content (AvgIpc) is 2.70. The van der Waals surface area contributed by atoms with Crippen molar-refractivity contribution in [2.75, 3.05) is 7.05 Å². The number of aliphatic hydroxyl groups is 2. The Morgan fingerprint density at radius 1 is 1.23 bits per heavy atom. The molecule has 1 heterocycles. The van der Waals surface area contributed by atoms with Gasteiger partial charge < -0.3 is 20.3 Å². The standard InChI is InChI=1S/C18H18ClN3O3.ClH/c1-11(23)21(2)17-18(24)22(25)16(12-6-4-3-5-7-12)14-10-13(19)8-9-15(14)20-17;/h3-11,18,23-24H,1-2H3;1H. The summed E-state index contributed by atoms with van der Waals surface area (Å²) in [5.41, 5.74) is 1.91. The van der Waals surface area contributed by atoms with Crippen LogP contribution in [0, 0.1) is 5.21 Å². The first-order chi connectivity index (χ1) is 11.9. The molecule has 1 aliphatic heterocycles. The highest BCUT2D eigenvalue weighted by Gasteiger charge is 2.34. The summed E-state index contributed by atoms with van der Waals surface area (Å²) < 4.78 is 0.495. The number of halogens is 2. The summed E-state index contributed by atoms with van der Waals surface area (Å²) in [5, 5.41) is 33.8. The third-order valence-corrected chi connectivity index (χ3v) is 4.33. The third-order valence-electron chi connectivity index (χ3n) is 4.09. The lowest BCUT2D eigenvalue weighted by Crippen LogP contribution is -2.46. The number of likely N-dealkylation sites (N-methyl/N-ethyl adjacent to an activating group) is 1. The van der Waals surface area contributed by atoms with Crippen molar-refractivity contribution >= 4 is 41.2 Å². The highest BCUT2D eigenvalue weighted by Crippen LogP contribution is 2.29. The maximum atomic E-state index is 13.0. The molecule has 0 amide bonds. The highest BCUT2D eigenvalue weighted by atomic mass is 35.5. The van der Waals surface area contributed by atoms with Crippen LogP contribution in [0.4, 0.5) is 5.69 Å². The summed E-state index contributed by atoms with van der Waals surface area (Å²) in [4.78, 5) is 5.77. The number of rotatable bonds is 2. The highest BCUT2D eigenvalue weighted by molar-refractivity contribution is 6.31. The fraction of sp³-hybridized carbons (Fsp3) is 0.222. The van der Waals surface area contributed by atoms with Crippen molar-refractivity contribution in [3.05, 3.63) is 69.9 Å². The molecule has 2 aromatic rings. The summed E-state index contributed by atoms with van der Waals surface area (Å²) in [7, 11) is 1.56. The molecule has 3 rings (SSSR count). The van der Waals surface area contributed by atoms with E-state index in [2.05, 4.69) is 4.99 Å². The zero-order valence-electron chi connectivity index (χ0n) is 14.2. The van der Waals surface area contributed by atoms with Crippen LogP contribution >= 0.6 is 24.0 Å². The lowest BCUT2D eigenvalue weighted by atomic mass is 10.0. The Balaban J connectivity index is 0.00000243. The van der Waals surface area contributed by atoms with E-state index in [1.54, 1.807) is 49.5 Å². The second-order valence-corrected chi connectivity index (χ2v) is 6.22. The third kappa shape index (κ3) is 3.68. The lowest BCUT2D eigenvalue weighted by molar-refractivity contribution is -0.528. The minimum absolute atomic E-state index is 0. The van der Waals surface area contributed by atoms with Crippen LogP contribution in [0.2, 0.25) is 5.02 Å². The van der Waals surface area contributed by atoms with E-state index >= 15 is 0 Å². The predicted molar refractivity (Wildman–Crippen MR) is 105 cm³/mol. The van der Waals surface area contributed by atoms with Gasteiger partial charge in [0.25, 0.3) is 0 Å². The van der Waals surface area contributed by atoms with Gasteiger partial charge in [-0.2, -0.15) is 4.74 Å². The second-order valence-electron chi connectivity index (χ2n) is 5.79. The van der Waals surface area contributed by atoms with Gasteiger partial charge in [0, 0.05) is 17.6 Å². The quantitative estimate of drug-likeness (QED) is 0.465. The zero-order chi connectivity index (χ0) is 18.1. The first-order valence-corrected chi connectivity index (χ1v) is 8.14. The van der Waals surface area contributed by atoms with E-state index in [0.29, 0.717) is 26.6 Å². The van der Waals surface area contributed by atoms with Gasteiger partial charge in [0.15, 0.2) is 0 Å². The molecule has 8 heteroatoms. The Hall–Kier alpha value is -2.12. The fourth-order valence-electron chi connectivity index (χ4n) is 2.65. The van der Waals surface area contributed by atoms with E-state index in [0.717, 1.165) is 0 Å². The van der Waals surface area contributed by atoms with E-state index < -0.39 is 12.5 Å². The Morgan fingerprint density at radius 2 is 1.88 bits per heavy atom. The van der Waals surface area contributed by atoms with Crippen LogP contribution in [-0.4, -0.2) is 50.9 Å². The van der Waals surface area contributed by atoms with E-state index in [4.69, 9.17) is 11.6 Å². The number of nitrogens with zero attached hydrogens (tertiary/aromatic N) is 3. The lowest BCUT2D eigenvalue weighted by Gasteiger charge is -2.25. The first kappa shape index (κ1) is 20.2. The number of aliphatic hydroxyl groups excluding tert-OH is 2. The second kappa shape index (κ2) is 8.05. The van der Waals surface area contributed by atoms with Gasteiger partial charge in [-0.1, -0.05) is 29.8 Å². The van der Waals surface area contributed by atoms with Crippen molar-refractivity contribution in [2.45, 2.75) is 19.4 Å². The maximum absolute atomic E-state index is 13.0. The predicted octanol–water partition coefficient (Wildman–Crippen LogP) is 2.74. The van der Waals surface area contributed by atoms with Crippen molar-refractivity contribution in [1.82, 2.24) is 4.90 Å². The van der Waals surface area contributed by atoms with Gasteiger partial charge in [-0.3, -0.25) is 0 Å². The van der Waals surface area contributed by atoms with Crippen LogP contribution in [0.3, 0.4) is 0 Å². The van der Waals surface area contributed by atoms with E-state index in [9.17, 15) is 15.4 Å². The molecule has 0 bridgehead atoms. The minimum atomic E-state index is -1.57. The van der Waals surface area contributed by atoms with Gasteiger partial charge >= 0.3 is 6.23 Å². The topological polar surface area (TPSA) is 82.1 Å². The van der Waals surface area contributed by atoms with Crippen LogP contribution in [0.25, 0.3) is 0 Å². The van der Waals surface area contributed by atoms with Crippen molar-refractivity contribution < 1.29 is 15.0 Å². The fourth-order valence-corrected chi connectivity index (χ4v) is 2.83. The van der Waals surface area contributed by atoms with Crippen LogP contribution in [0.15, 0.2) is 53.5 Å². The molecule has 138 valence electrons. The molecule has 0 fully saturated rings. The summed E-state index contributed by atoms with van der Waals surface area (Å²) >= 11 is 6.12. The number of aliphatic imine (C=N–C) groups is 1. The normalized spacial score (nSPS) is 17.6. The molecule has 2 unspecified atom stereocenters. The van der Waals surface area contributed by atoms with Gasteiger partial charge in [0.05, 0.1) is 11.3 Å². The average molecular weight is 396 g/mol. The molecule has 0 aromatic heterocycles. The Morgan fingerprint density at radius 3 is 2.50 bits per heavy atom. The van der Waals surface area contributed by atoms with Gasteiger partial charge in [-0.15, -0.1) is 12.4 Å². The van der Waals surface area contributed by atoms with Gasteiger partial charge in [-0.25, -0.2) is 4.99 Å². The molecular formula is C18H19Cl2N3O3. The van der Waals surface area contributed by atoms with Gasteiger partial charge in [0.2, 0.25) is 11.5 Å². The minimum Gasteiger partial charge on any atom is -0.621 e. The van der Waals surface area contributed by atoms with E-state index in [1.807, 2.05) is 6.07 Å². The molecule has 0 saturated heterocycles. The molecule has 26 heavy (non-hydrogen) atoms. The summed E-state index contributed by atoms with van der Waals surface area (Å²) in [6.07, 6.45) is -2.49. The largest absolute Gasteiger partial charge is 0.621 e. The van der Waals surface area contributed by atoms with Crippen molar-refractivity contribution in [2.24, 2.45) is 4.99 Å². The summed E-state index contributed by atoms with van der Waals surface area (Å²) in [5.74, 6) is 0.0551. The Bertz CT molecular complexity index is 854. The molecule has 2 N–H and O–H groups in total. The van der Waals surface area contributed by atoms with Crippen LogP contribution in [-0.2, 0) is 0 Å². The number of hydroxylamine groups is 1. The molecule has 2 atom stereocenters. The molecule has 1 aliphatic rings. The zero-order valence-corrected chi connectivity index (χ0v) is 15.8. The molecule has 0 aliphatic carbocycles. The van der Waals surface area contributed by atoms with Crippen molar-refractivity contribution in [3.63, 3.8) is 0 Å². The molecule has 0 saturated carbocycles. The Labute approximate surface area is 162 Å². The van der Waals surface area contributed by atoms with E-state index in [-0.39, 0.29) is 24.0 Å². The smallest absolute Gasteiger partial charge is 0.325 e. The molecule has 0 spiro atoms. The van der Waals surface area contributed by atoms with Crippen LogP contribution in [0.5, 0.6) is 0 Å². The van der Waals surface area contributed by atoms with Gasteiger partial charge in [0.1, 0.15) is 6.23 Å². The number of benzene rings is 2. The molecular weight excluding hydrogens is 377 g/mol. The Kier molecular flexibility index (Phi) is 6.26. The van der Waals surface area contributed by atoms with Crippen LogP contribution in [0.1, 0.15) is 18.1 Å². The van der Waals surface area contributed by atoms with Gasteiger partial charge in [-0.05, 0) is 37.3 Å². The first-order valence-electron chi connectivity index (χ1n) is 7.76.